The van der Waals surface area contributed by atoms with E-state index in [1.165, 1.54) is 0 Å². The van der Waals surface area contributed by atoms with E-state index in [1.54, 1.807) is 0 Å². The molecule has 0 atom stereocenters. The zero-order chi connectivity index (χ0) is 4.28. The fraction of sp³-hybridized carbons (Fsp3) is 1.00. The molecule has 0 unspecified atom stereocenters. The molecule has 0 fully saturated rings. The summed E-state index contributed by atoms with van der Waals surface area (Å²) >= 11 is 0.926. The maximum absolute atomic E-state index is 4.88. The van der Waals surface area contributed by atoms with Crippen LogP contribution in [0.25, 0.3) is 0 Å². The molecule has 2 heteroatoms. The Labute approximate surface area is 46.3 Å². The van der Waals surface area contributed by atoms with Crippen LogP contribution in [0.4, 0.5) is 0 Å². The summed E-state index contributed by atoms with van der Waals surface area (Å²) in [6.07, 6.45) is 0.442. The molecule has 5 heavy (non-hydrogen) atoms. The molecular formula is C3H8OSn. The van der Waals surface area contributed by atoms with Crippen LogP contribution in [0.15, 0.2) is 0 Å². The van der Waals surface area contributed by atoms with Crippen LogP contribution in [-0.4, -0.2) is 29.0 Å². The summed E-state index contributed by atoms with van der Waals surface area (Å²) in [5.41, 5.74) is 0. The van der Waals surface area contributed by atoms with Gasteiger partial charge in [-0.15, -0.1) is 0 Å². The first-order valence-electron chi connectivity index (χ1n) is 1.63. The van der Waals surface area contributed by atoms with Crippen LogP contribution in [0.5, 0.6) is 0 Å². The van der Waals surface area contributed by atoms with Crippen molar-refractivity contribution < 1.29 is 3.07 Å². The quantitative estimate of drug-likeness (QED) is 0.523. The molecule has 0 aliphatic heterocycles. The van der Waals surface area contributed by atoms with Crippen LogP contribution in [0, 0.1) is 0 Å². The SMILES string of the molecule is CC(C)[O][SnH]. The van der Waals surface area contributed by atoms with E-state index in [1.807, 2.05) is 13.8 Å². The van der Waals surface area contributed by atoms with Crippen molar-refractivity contribution in [1.82, 2.24) is 0 Å². The Morgan fingerprint density at radius 3 is 1.80 bits per heavy atom. The molecule has 0 heterocycles. The van der Waals surface area contributed by atoms with Gasteiger partial charge in [0.15, 0.2) is 0 Å². The Bertz CT molecular complexity index is 20.9. The average molecular weight is 179 g/mol. The second-order valence-electron chi connectivity index (χ2n) is 1.18. The van der Waals surface area contributed by atoms with Crippen molar-refractivity contribution in [3.05, 3.63) is 0 Å². The minimum absolute atomic E-state index is 0.442. The second kappa shape index (κ2) is 2.97. The van der Waals surface area contributed by atoms with Gasteiger partial charge in [-0.1, -0.05) is 0 Å². The summed E-state index contributed by atoms with van der Waals surface area (Å²) < 4.78 is 4.88. The van der Waals surface area contributed by atoms with Crippen LogP contribution in [0.2, 0.25) is 0 Å². The normalized spacial score (nSPS) is 9.60. The molecule has 0 amide bonds. The van der Waals surface area contributed by atoms with Gasteiger partial charge in [-0.05, 0) is 0 Å². The molecule has 0 aliphatic rings. The predicted molar refractivity (Wildman–Crippen MR) is 23.4 cm³/mol. The molecule has 0 N–H and O–H groups in total. The standard InChI is InChI=1S/C3H7O.Sn.H/c1-3(2)4;;/h3H,1-2H3;;/q-1;+1;. The summed E-state index contributed by atoms with van der Waals surface area (Å²) in [5, 5.41) is 0. The van der Waals surface area contributed by atoms with Gasteiger partial charge in [0.1, 0.15) is 0 Å². The Balaban J connectivity index is 2.54. The molecule has 2 radical (unpaired) electrons. The van der Waals surface area contributed by atoms with Crippen LogP contribution in [0.1, 0.15) is 13.8 Å². The summed E-state index contributed by atoms with van der Waals surface area (Å²) in [6, 6.07) is 0. The molecule has 0 aromatic carbocycles. The van der Waals surface area contributed by atoms with Crippen molar-refractivity contribution in [2.75, 3.05) is 0 Å². The summed E-state index contributed by atoms with van der Waals surface area (Å²) in [4.78, 5) is 0. The van der Waals surface area contributed by atoms with Crippen LogP contribution in [-0.2, 0) is 3.07 Å². The van der Waals surface area contributed by atoms with Crippen molar-refractivity contribution in [3.8, 4) is 0 Å². The molecule has 0 saturated heterocycles. The van der Waals surface area contributed by atoms with Crippen molar-refractivity contribution in [2.24, 2.45) is 0 Å². The van der Waals surface area contributed by atoms with Gasteiger partial charge in [0, 0.05) is 0 Å². The Morgan fingerprint density at radius 2 is 1.80 bits per heavy atom. The summed E-state index contributed by atoms with van der Waals surface area (Å²) in [6.45, 7) is 4.07. The van der Waals surface area contributed by atoms with Gasteiger partial charge >= 0.3 is 46.0 Å². The first kappa shape index (κ1) is 5.76. The monoisotopic (exact) mass is 180 g/mol. The summed E-state index contributed by atoms with van der Waals surface area (Å²) in [7, 11) is 0. The van der Waals surface area contributed by atoms with Crippen molar-refractivity contribution in [2.45, 2.75) is 20.0 Å². The van der Waals surface area contributed by atoms with Gasteiger partial charge < -0.3 is 0 Å². The number of rotatable bonds is 1. The van der Waals surface area contributed by atoms with Crippen LogP contribution in [0.3, 0.4) is 0 Å². The van der Waals surface area contributed by atoms with E-state index >= 15 is 0 Å². The molecule has 0 spiro atoms. The van der Waals surface area contributed by atoms with E-state index < -0.39 is 0 Å². The molecule has 0 aliphatic carbocycles. The number of hydrogen-bond donors (Lipinski definition) is 0. The Kier molecular flexibility index (Phi) is 3.42. The minimum atomic E-state index is 0.442. The fourth-order valence-electron chi connectivity index (χ4n) is 0. The third-order valence-corrected chi connectivity index (χ3v) is 1.83. The van der Waals surface area contributed by atoms with Crippen molar-refractivity contribution >= 4 is 22.9 Å². The van der Waals surface area contributed by atoms with Gasteiger partial charge in [-0.25, -0.2) is 0 Å². The molecule has 0 bridgehead atoms. The molecule has 0 aromatic heterocycles. The molecular weight excluding hydrogens is 171 g/mol. The van der Waals surface area contributed by atoms with Gasteiger partial charge in [0.25, 0.3) is 0 Å². The zero-order valence-electron chi connectivity index (χ0n) is 3.56. The van der Waals surface area contributed by atoms with Gasteiger partial charge in [-0.3, -0.25) is 0 Å². The first-order chi connectivity index (χ1) is 2.27. The topological polar surface area (TPSA) is 9.23 Å². The fourth-order valence-corrected chi connectivity index (χ4v) is 0. The van der Waals surface area contributed by atoms with E-state index in [0.29, 0.717) is 6.10 Å². The van der Waals surface area contributed by atoms with E-state index in [4.69, 9.17) is 3.07 Å². The second-order valence-corrected chi connectivity index (χ2v) is 1.96. The third kappa shape index (κ3) is 4.76. The molecule has 1 nitrogen and oxygen atoms in total. The first-order valence-corrected chi connectivity index (χ1v) is 2.97. The summed E-state index contributed by atoms with van der Waals surface area (Å²) in [5.74, 6) is 0. The van der Waals surface area contributed by atoms with E-state index in [0.717, 1.165) is 22.9 Å². The van der Waals surface area contributed by atoms with Crippen LogP contribution >= 0.6 is 0 Å². The zero-order valence-corrected chi connectivity index (χ0v) is 6.86. The maximum atomic E-state index is 4.88. The Morgan fingerprint density at radius 1 is 1.60 bits per heavy atom. The van der Waals surface area contributed by atoms with Crippen LogP contribution < -0.4 is 0 Å². The van der Waals surface area contributed by atoms with Crippen molar-refractivity contribution in [1.29, 1.82) is 0 Å². The van der Waals surface area contributed by atoms with Gasteiger partial charge in [0.2, 0.25) is 0 Å². The van der Waals surface area contributed by atoms with E-state index in [2.05, 4.69) is 0 Å². The van der Waals surface area contributed by atoms with Gasteiger partial charge in [-0.2, -0.15) is 0 Å². The molecule has 0 saturated carbocycles. The molecule has 0 rings (SSSR count). The van der Waals surface area contributed by atoms with E-state index in [9.17, 15) is 0 Å². The van der Waals surface area contributed by atoms with Gasteiger partial charge in [0.05, 0.1) is 0 Å². The predicted octanol–water partition coefficient (Wildman–Crippen LogP) is 0.227. The van der Waals surface area contributed by atoms with Crippen molar-refractivity contribution in [3.63, 3.8) is 0 Å². The Hall–Kier alpha value is 0.759. The van der Waals surface area contributed by atoms with E-state index in [-0.39, 0.29) is 0 Å². The number of hydrogen-bond acceptors (Lipinski definition) is 1. The molecule has 0 aromatic rings. The average Bonchev–Trinajstić information content (AvgIpc) is 1.38. The third-order valence-electron chi connectivity index (χ3n) is 0.272. The molecule has 30 valence electrons.